The number of amides is 2. The summed E-state index contributed by atoms with van der Waals surface area (Å²) in [4.78, 5) is 22.9. The van der Waals surface area contributed by atoms with E-state index in [4.69, 9.17) is 0 Å². The van der Waals surface area contributed by atoms with Gasteiger partial charge in [-0.25, -0.2) is 0 Å². The number of fused-ring (bicyclic) bond motifs is 1. The van der Waals surface area contributed by atoms with E-state index in [0.29, 0.717) is 12.0 Å². The van der Waals surface area contributed by atoms with E-state index in [2.05, 4.69) is 10.6 Å². The number of benzene rings is 1. The molecule has 4 nitrogen and oxygen atoms in total. The van der Waals surface area contributed by atoms with Crippen molar-refractivity contribution in [3.8, 4) is 0 Å². The normalized spacial score (nSPS) is 13.6. The van der Waals surface area contributed by atoms with Crippen LogP contribution in [0.2, 0.25) is 0 Å². The molecule has 1 aromatic carbocycles. The molecule has 16 heavy (non-hydrogen) atoms. The van der Waals surface area contributed by atoms with Crippen molar-refractivity contribution in [2.75, 3.05) is 5.32 Å². The van der Waals surface area contributed by atoms with Crippen molar-refractivity contribution in [3.05, 3.63) is 29.3 Å². The number of hydrogen-bond donors (Lipinski definition) is 2. The molecule has 1 aromatic rings. The van der Waals surface area contributed by atoms with Gasteiger partial charge in [-0.3, -0.25) is 9.59 Å². The molecule has 84 valence electrons. The Labute approximate surface area is 94.0 Å². The largest absolute Gasteiger partial charge is 0.350 e. The fourth-order valence-corrected chi connectivity index (χ4v) is 1.70. The van der Waals surface area contributed by atoms with Crippen LogP contribution in [0.4, 0.5) is 5.69 Å². The molecule has 0 atom stereocenters. The van der Waals surface area contributed by atoms with Crippen molar-refractivity contribution in [2.24, 2.45) is 0 Å². The van der Waals surface area contributed by atoms with Crippen LogP contribution in [-0.2, 0) is 11.2 Å². The molecule has 2 amide bonds. The van der Waals surface area contributed by atoms with Gasteiger partial charge in [-0.05, 0) is 31.5 Å². The van der Waals surface area contributed by atoms with Crippen LogP contribution in [-0.4, -0.2) is 17.9 Å². The molecule has 0 spiro atoms. The fourth-order valence-electron chi connectivity index (χ4n) is 1.70. The first-order valence-corrected chi connectivity index (χ1v) is 5.30. The van der Waals surface area contributed by atoms with Crippen LogP contribution in [0.15, 0.2) is 18.2 Å². The highest BCUT2D eigenvalue weighted by Gasteiger charge is 2.19. The molecule has 0 fully saturated rings. The average molecular weight is 218 g/mol. The monoisotopic (exact) mass is 218 g/mol. The number of anilines is 1. The van der Waals surface area contributed by atoms with Gasteiger partial charge in [0.05, 0.1) is 6.42 Å². The summed E-state index contributed by atoms with van der Waals surface area (Å²) in [5.41, 5.74) is 2.28. The van der Waals surface area contributed by atoms with Crippen LogP contribution in [0.5, 0.6) is 0 Å². The molecule has 4 heteroatoms. The second-order valence-electron chi connectivity index (χ2n) is 4.23. The maximum absolute atomic E-state index is 11.7. The average Bonchev–Trinajstić information content (AvgIpc) is 2.55. The Morgan fingerprint density at radius 2 is 2.19 bits per heavy atom. The zero-order valence-electron chi connectivity index (χ0n) is 9.33. The van der Waals surface area contributed by atoms with Gasteiger partial charge in [0.15, 0.2) is 0 Å². The van der Waals surface area contributed by atoms with E-state index in [1.54, 1.807) is 12.1 Å². The number of carbonyl (C=O) groups is 2. The summed E-state index contributed by atoms with van der Waals surface area (Å²) in [7, 11) is 0. The Hall–Kier alpha value is -1.84. The summed E-state index contributed by atoms with van der Waals surface area (Å²) in [6.07, 6.45) is 0.404. The van der Waals surface area contributed by atoms with E-state index in [1.807, 2.05) is 19.9 Å². The van der Waals surface area contributed by atoms with Crippen molar-refractivity contribution in [3.63, 3.8) is 0 Å². The predicted molar refractivity (Wildman–Crippen MR) is 61.4 cm³/mol. The topological polar surface area (TPSA) is 58.2 Å². The van der Waals surface area contributed by atoms with E-state index in [9.17, 15) is 9.59 Å². The lowest BCUT2D eigenvalue weighted by Gasteiger charge is -2.09. The van der Waals surface area contributed by atoms with Gasteiger partial charge in [-0.2, -0.15) is 0 Å². The third kappa shape index (κ3) is 2.05. The first-order valence-electron chi connectivity index (χ1n) is 5.30. The van der Waals surface area contributed by atoms with Gasteiger partial charge in [0.1, 0.15) is 0 Å². The van der Waals surface area contributed by atoms with E-state index in [1.165, 1.54) is 0 Å². The summed E-state index contributed by atoms with van der Waals surface area (Å²) < 4.78 is 0. The van der Waals surface area contributed by atoms with Crippen molar-refractivity contribution >= 4 is 17.5 Å². The number of rotatable bonds is 2. The first-order chi connectivity index (χ1) is 7.56. The zero-order valence-corrected chi connectivity index (χ0v) is 9.33. The summed E-state index contributed by atoms with van der Waals surface area (Å²) in [5.74, 6) is -0.129. The summed E-state index contributed by atoms with van der Waals surface area (Å²) in [6, 6.07) is 5.40. The molecule has 0 aromatic heterocycles. The van der Waals surface area contributed by atoms with Crippen molar-refractivity contribution in [1.29, 1.82) is 0 Å². The van der Waals surface area contributed by atoms with Crippen LogP contribution in [0, 0.1) is 0 Å². The van der Waals surface area contributed by atoms with Crippen LogP contribution in [0.25, 0.3) is 0 Å². The molecule has 0 saturated carbocycles. The number of nitrogens with one attached hydrogen (secondary N) is 2. The van der Waals surface area contributed by atoms with Crippen LogP contribution in [0.3, 0.4) is 0 Å². The lowest BCUT2D eigenvalue weighted by Crippen LogP contribution is -2.30. The number of hydrogen-bond acceptors (Lipinski definition) is 2. The Morgan fingerprint density at radius 1 is 1.44 bits per heavy atom. The fraction of sp³-hybridized carbons (Fsp3) is 0.333. The maximum Gasteiger partial charge on any atom is 0.251 e. The Bertz CT molecular complexity index is 452. The molecule has 2 rings (SSSR count). The highest BCUT2D eigenvalue weighted by molar-refractivity contribution is 6.02. The van der Waals surface area contributed by atoms with Crippen LogP contribution in [0.1, 0.15) is 29.8 Å². The maximum atomic E-state index is 11.7. The Balaban J connectivity index is 2.22. The highest BCUT2D eigenvalue weighted by Crippen LogP contribution is 2.23. The summed E-state index contributed by atoms with van der Waals surface area (Å²) in [6.45, 7) is 3.82. The lowest BCUT2D eigenvalue weighted by atomic mass is 10.1. The van der Waals surface area contributed by atoms with Crippen molar-refractivity contribution in [2.45, 2.75) is 26.3 Å². The SMILES string of the molecule is CC(C)NC(=O)c1ccc2c(c1)NC(=O)C2. The highest BCUT2D eigenvalue weighted by atomic mass is 16.2. The smallest absolute Gasteiger partial charge is 0.251 e. The van der Waals surface area contributed by atoms with Gasteiger partial charge in [-0.1, -0.05) is 6.07 Å². The Kier molecular flexibility index (Phi) is 2.64. The van der Waals surface area contributed by atoms with Gasteiger partial charge >= 0.3 is 0 Å². The zero-order chi connectivity index (χ0) is 11.7. The second-order valence-corrected chi connectivity index (χ2v) is 4.23. The molecular weight excluding hydrogens is 204 g/mol. The quantitative estimate of drug-likeness (QED) is 0.786. The van der Waals surface area contributed by atoms with E-state index >= 15 is 0 Å². The van der Waals surface area contributed by atoms with E-state index < -0.39 is 0 Å². The minimum Gasteiger partial charge on any atom is -0.350 e. The van der Waals surface area contributed by atoms with Crippen molar-refractivity contribution < 1.29 is 9.59 Å². The number of carbonyl (C=O) groups excluding carboxylic acids is 2. The van der Waals surface area contributed by atoms with Gasteiger partial charge in [-0.15, -0.1) is 0 Å². The molecule has 0 radical (unpaired) electrons. The van der Waals surface area contributed by atoms with Gasteiger partial charge in [0.25, 0.3) is 5.91 Å². The van der Waals surface area contributed by atoms with Gasteiger partial charge in [0, 0.05) is 17.3 Å². The van der Waals surface area contributed by atoms with Crippen molar-refractivity contribution in [1.82, 2.24) is 5.32 Å². The summed E-state index contributed by atoms with van der Waals surface area (Å²) >= 11 is 0. The molecule has 2 N–H and O–H groups in total. The molecule has 0 aliphatic carbocycles. The molecular formula is C12H14N2O2. The first kappa shape index (κ1) is 10.7. The minimum absolute atomic E-state index is 0.0172. The molecule has 0 saturated heterocycles. The Morgan fingerprint density at radius 3 is 2.88 bits per heavy atom. The van der Waals surface area contributed by atoms with E-state index in [0.717, 1.165) is 11.3 Å². The van der Waals surface area contributed by atoms with Gasteiger partial charge in [0.2, 0.25) is 5.91 Å². The second kappa shape index (κ2) is 3.96. The molecule has 0 unspecified atom stereocenters. The molecule has 1 heterocycles. The lowest BCUT2D eigenvalue weighted by molar-refractivity contribution is -0.115. The molecule has 0 bridgehead atoms. The van der Waals surface area contributed by atoms with Crippen LogP contribution >= 0.6 is 0 Å². The molecule has 1 aliphatic heterocycles. The third-order valence-corrected chi connectivity index (χ3v) is 2.42. The predicted octanol–water partition coefficient (Wildman–Crippen LogP) is 1.32. The van der Waals surface area contributed by atoms with Gasteiger partial charge < -0.3 is 10.6 Å². The summed E-state index contributed by atoms with van der Waals surface area (Å²) in [5, 5.41) is 5.54. The third-order valence-electron chi connectivity index (χ3n) is 2.42. The standard InChI is InChI=1S/C12H14N2O2/c1-7(2)13-12(16)9-4-3-8-6-11(15)14-10(8)5-9/h3-5,7H,6H2,1-2H3,(H,13,16)(H,14,15). The minimum atomic E-state index is -0.112. The van der Waals surface area contributed by atoms with E-state index in [-0.39, 0.29) is 17.9 Å². The molecule has 1 aliphatic rings. The van der Waals surface area contributed by atoms with Crippen LogP contribution < -0.4 is 10.6 Å².